The minimum absolute atomic E-state index is 0.196. The van der Waals surface area contributed by atoms with E-state index in [1.165, 1.54) is 5.56 Å². The minimum atomic E-state index is 0.196. The molecule has 0 radical (unpaired) electrons. The maximum atomic E-state index is 5.98. The van der Waals surface area contributed by atoms with E-state index in [2.05, 4.69) is 28.3 Å². The van der Waals surface area contributed by atoms with E-state index in [4.69, 9.17) is 17.3 Å². The quantitative estimate of drug-likeness (QED) is 0.836. The maximum Gasteiger partial charge on any atom is 0.224 e. The fraction of sp³-hybridized carbons (Fsp3) is 0.286. The van der Waals surface area contributed by atoms with E-state index in [9.17, 15) is 0 Å². The number of aromatic nitrogens is 2. The van der Waals surface area contributed by atoms with Gasteiger partial charge in [-0.1, -0.05) is 31.5 Å². The number of hydrogen-bond donors (Lipinski definition) is 2. The van der Waals surface area contributed by atoms with Crippen molar-refractivity contribution < 1.29 is 0 Å². The van der Waals surface area contributed by atoms with Gasteiger partial charge in [0.2, 0.25) is 5.28 Å². The molecule has 2 rings (SSSR count). The number of rotatable bonds is 4. The molecule has 0 fully saturated rings. The van der Waals surface area contributed by atoms with Crippen molar-refractivity contribution in [1.29, 1.82) is 0 Å². The predicted molar refractivity (Wildman–Crippen MR) is 79.9 cm³/mol. The van der Waals surface area contributed by atoms with E-state index in [-0.39, 0.29) is 5.28 Å². The Morgan fingerprint density at radius 2 is 2.00 bits per heavy atom. The zero-order chi connectivity index (χ0) is 13.8. The van der Waals surface area contributed by atoms with Crippen molar-refractivity contribution in [3.8, 4) is 0 Å². The van der Waals surface area contributed by atoms with Gasteiger partial charge in [-0.25, -0.2) is 4.98 Å². The molecule has 0 saturated carbocycles. The Kier molecular flexibility index (Phi) is 4.22. The van der Waals surface area contributed by atoms with Gasteiger partial charge in [-0.3, -0.25) is 0 Å². The van der Waals surface area contributed by atoms with Crippen molar-refractivity contribution in [1.82, 2.24) is 9.97 Å². The van der Waals surface area contributed by atoms with Gasteiger partial charge >= 0.3 is 0 Å². The molecule has 0 unspecified atom stereocenters. The Hall–Kier alpha value is -1.81. The second-order valence-electron chi connectivity index (χ2n) is 4.37. The van der Waals surface area contributed by atoms with Gasteiger partial charge in [0, 0.05) is 5.69 Å². The summed E-state index contributed by atoms with van der Waals surface area (Å²) in [5.41, 5.74) is 9.42. The first-order valence-electron chi connectivity index (χ1n) is 6.26. The lowest BCUT2D eigenvalue weighted by molar-refractivity contribution is 0.923. The van der Waals surface area contributed by atoms with Gasteiger partial charge in [0.25, 0.3) is 0 Å². The Balaban J connectivity index is 2.36. The van der Waals surface area contributed by atoms with Crippen LogP contribution in [0.5, 0.6) is 0 Å². The molecule has 0 atom stereocenters. The lowest BCUT2D eigenvalue weighted by Crippen LogP contribution is -2.05. The van der Waals surface area contributed by atoms with Crippen LogP contribution < -0.4 is 11.1 Å². The molecule has 0 aliphatic rings. The average molecular weight is 277 g/mol. The third-order valence-electron chi connectivity index (χ3n) is 2.90. The van der Waals surface area contributed by atoms with E-state index in [1.807, 2.05) is 25.1 Å². The topological polar surface area (TPSA) is 63.8 Å². The number of nitrogens with one attached hydrogen (secondary N) is 1. The largest absolute Gasteiger partial charge is 0.394 e. The fourth-order valence-corrected chi connectivity index (χ4v) is 2.11. The van der Waals surface area contributed by atoms with Crippen LogP contribution >= 0.6 is 11.6 Å². The molecule has 19 heavy (non-hydrogen) atoms. The highest BCUT2D eigenvalue weighted by Crippen LogP contribution is 2.26. The lowest BCUT2D eigenvalue weighted by atomic mass is 10.1. The number of nitrogens with zero attached hydrogens (tertiary/aromatic N) is 2. The summed E-state index contributed by atoms with van der Waals surface area (Å²) < 4.78 is 0. The zero-order valence-corrected chi connectivity index (χ0v) is 11.8. The van der Waals surface area contributed by atoms with Crippen molar-refractivity contribution in [3.63, 3.8) is 0 Å². The molecule has 0 amide bonds. The van der Waals surface area contributed by atoms with Crippen molar-refractivity contribution >= 4 is 28.8 Å². The van der Waals surface area contributed by atoms with Gasteiger partial charge in [0.1, 0.15) is 0 Å². The maximum absolute atomic E-state index is 5.98. The van der Waals surface area contributed by atoms with Crippen LogP contribution in [0.3, 0.4) is 0 Å². The Morgan fingerprint density at radius 3 is 2.74 bits per heavy atom. The van der Waals surface area contributed by atoms with Gasteiger partial charge in [0.05, 0.1) is 11.4 Å². The molecule has 0 spiro atoms. The van der Waals surface area contributed by atoms with Crippen LogP contribution in [-0.2, 0) is 6.42 Å². The van der Waals surface area contributed by atoms with Gasteiger partial charge in [-0.05, 0) is 36.6 Å². The van der Waals surface area contributed by atoms with Crippen LogP contribution in [0.1, 0.15) is 24.6 Å². The van der Waals surface area contributed by atoms with Gasteiger partial charge < -0.3 is 11.1 Å². The minimum Gasteiger partial charge on any atom is -0.394 e. The highest BCUT2D eigenvalue weighted by atomic mass is 35.5. The summed E-state index contributed by atoms with van der Waals surface area (Å²) in [6, 6.07) is 8.11. The average Bonchev–Trinajstić information content (AvgIpc) is 2.38. The third kappa shape index (κ3) is 3.15. The monoisotopic (exact) mass is 276 g/mol. The Labute approximate surface area is 118 Å². The summed E-state index contributed by atoms with van der Waals surface area (Å²) in [6.07, 6.45) is 2.08. The molecule has 4 nitrogen and oxygen atoms in total. The molecule has 100 valence electrons. The van der Waals surface area contributed by atoms with Crippen molar-refractivity contribution in [3.05, 3.63) is 40.8 Å². The highest BCUT2D eigenvalue weighted by molar-refractivity contribution is 6.28. The normalized spacial score (nSPS) is 10.5. The molecule has 2 aromatic rings. The standard InChI is InChI=1S/C14H17ClN4/c1-3-6-10-7-4-5-8-11(10)18-13-12(16)9(2)17-14(15)19-13/h4-5,7-8H,3,6,16H2,1-2H3,(H,17,18,19). The number of anilines is 3. The molecule has 1 aromatic heterocycles. The first-order valence-corrected chi connectivity index (χ1v) is 6.64. The molecule has 1 heterocycles. The van der Waals surface area contributed by atoms with Crippen LogP contribution in [0.25, 0.3) is 0 Å². The van der Waals surface area contributed by atoms with Crippen molar-refractivity contribution in [2.24, 2.45) is 0 Å². The summed E-state index contributed by atoms with van der Waals surface area (Å²) in [4.78, 5) is 8.17. The number of nitrogens with two attached hydrogens (primary N) is 1. The Morgan fingerprint density at radius 1 is 1.26 bits per heavy atom. The summed E-state index contributed by atoms with van der Waals surface area (Å²) in [7, 11) is 0. The van der Waals surface area contributed by atoms with E-state index in [0.717, 1.165) is 18.5 Å². The molecule has 0 aliphatic carbocycles. The number of aryl methyl sites for hydroxylation is 2. The van der Waals surface area contributed by atoms with E-state index >= 15 is 0 Å². The van der Waals surface area contributed by atoms with Crippen LogP contribution in [0, 0.1) is 6.92 Å². The molecular formula is C14H17ClN4. The van der Waals surface area contributed by atoms with Crippen LogP contribution in [0.2, 0.25) is 5.28 Å². The molecule has 0 saturated heterocycles. The number of benzene rings is 1. The van der Waals surface area contributed by atoms with Crippen LogP contribution in [0.4, 0.5) is 17.2 Å². The second kappa shape index (κ2) is 5.89. The summed E-state index contributed by atoms with van der Waals surface area (Å²) in [5, 5.41) is 3.44. The molecule has 1 aromatic carbocycles. The molecule has 0 aliphatic heterocycles. The number of nitrogen functional groups attached to an aromatic ring is 1. The number of hydrogen-bond acceptors (Lipinski definition) is 4. The van der Waals surface area contributed by atoms with Crippen LogP contribution in [0.15, 0.2) is 24.3 Å². The summed E-state index contributed by atoms with van der Waals surface area (Å²) >= 11 is 5.87. The second-order valence-corrected chi connectivity index (χ2v) is 4.71. The van der Waals surface area contributed by atoms with Crippen LogP contribution in [-0.4, -0.2) is 9.97 Å². The third-order valence-corrected chi connectivity index (χ3v) is 3.07. The highest BCUT2D eigenvalue weighted by Gasteiger charge is 2.09. The predicted octanol–water partition coefficient (Wildman–Crippen LogP) is 3.72. The lowest BCUT2D eigenvalue weighted by Gasteiger charge is -2.13. The number of halogens is 1. The smallest absolute Gasteiger partial charge is 0.224 e. The van der Waals surface area contributed by atoms with Gasteiger partial charge in [-0.15, -0.1) is 0 Å². The summed E-state index contributed by atoms with van der Waals surface area (Å²) in [5.74, 6) is 0.557. The molecule has 3 N–H and O–H groups in total. The number of para-hydroxylation sites is 1. The Bertz CT molecular complexity index is 584. The van der Waals surface area contributed by atoms with E-state index in [1.54, 1.807) is 0 Å². The first-order chi connectivity index (χ1) is 9.11. The summed E-state index contributed by atoms with van der Waals surface area (Å²) in [6.45, 7) is 3.96. The van der Waals surface area contributed by atoms with Gasteiger partial charge in [0.15, 0.2) is 5.82 Å². The molecular weight excluding hydrogens is 260 g/mol. The van der Waals surface area contributed by atoms with E-state index in [0.29, 0.717) is 17.2 Å². The van der Waals surface area contributed by atoms with Crippen molar-refractivity contribution in [2.75, 3.05) is 11.1 Å². The van der Waals surface area contributed by atoms with E-state index < -0.39 is 0 Å². The fourth-order valence-electron chi connectivity index (χ4n) is 1.90. The zero-order valence-electron chi connectivity index (χ0n) is 11.1. The van der Waals surface area contributed by atoms with Gasteiger partial charge in [-0.2, -0.15) is 4.98 Å². The first kappa shape index (κ1) is 13.6. The molecule has 0 bridgehead atoms. The molecule has 5 heteroatoms. The van der Waals surface area contributed by atoms with Crippen molar-refractivity contribution in [2.45, 2.75) is 26.7 Å². The SMILES string of the molecule is CCCc1ccccc1Nc1nc(Cl)nc(C)c1N.